The van der Waals surface area contributed by atoms with E-state index in [2.05, 4.69) is 5.32 Å². The van der Waals surface area contributed by atoms with Gasteiger partial charge >= 0.3 is 12.1 Å². The van der Waals surface area contributed by atoms with Crippen molar-refractivity contribution in [2.24, 2.45) is 0 Å². The lowest BCUT2D eigenvalue weighted by atomic mass is 9.99. The van der Waals surface area contributed by atoms with Gasteiger partial charge in [-0.05, 0) is 42.7 Å². The van der Waals surface area contributed by atoms with Gasteiger partial charge in [0.1, 0.15) is 18.4 Å². The Labute approximate surface area is 163 Å². The summed E-state index contributed by atoms with van der Waals surface area (Å²) < 4.78 is 10.1. The van der Waals surface area contributed by atoms with Gasteiger partial charge in [0.05, 0.1) is 7.11 Å². The summed E-state index contributed by atoms with van der Waals surface area (Å²) >= 11 is 0. The highest BCUT2D eigenvalue weighted by Crippen LogP contribution is 2.19. The third-order valence-corrected chi connectivity index (χ3v) is 4.20. The Kier molecular flexibility index (Phi) is 7.56. The van der Waals surface area contributed by atoms with Crippen LogP contribution in [0.3, 0.4) is 0 Å². The molecule has 0 spiro atoms. The Bertz CT molecular complexity index is 834. The average molecular weight is 385 g/mol. The van der Waals surface area contributed by atoms with Crippen molar-refractivity contribution in [2.75, 3.05) is 7.11 Å². The summed E-state index contributed by atoms with van der Waals surface area (Å²) in [5, 5.41) is 11.6. The molecule has 28 heavy (non-hydrogen) atoms. The minimum atomic E-state index is -1.23. The number of hydrogen-bond acceptors (Lipinski definition) is 5. The van der Waals surface area contributed by atoms with Crippen LogP contribution in [0.15, 0.2) is 48.5 Å². The van der Waals surface area contributed by atoms with Crippen molar-refractivity contribution in [3.63, 3.8) is 0 Å². The summed E-state index contributed by atoms with van der Waals surface area (Å²) in [6.07, 6.45) is -0.910. The van der Waals surface area contributed by atoms with Gasteiger partial charge in [-0.25, -0.2) is 9.59 Å². The molecule has 0 fully saturated rings. The van der Waals surface area contributed by atoms with Crippen molar-refractivity contribution >= 4 is 17.8 Å². The van der Waals surface area contributed by atoms with Crippen LogP contribution < -0.4 is 10.1 Å². The zero-order valence-electron chi connectivity index (χ0n) is 15.8. The van der Waals surface area contributed by atoms with E-state index in [9.17, 15) is 19.5 Å². The van der Waals surface area contributed by atoms with E-state index in [4.69, 9.17) is 9.47 Å². The number of carboxylic acid groups (broad SMARTS) is 1. The van der Waals surface area contributed by atoms with Crippen molar-refractivity contribution in [2.45, 2.75) is 32.4 Å². The second-order valence-electron chi connectivity index (χ2n) is 6.24. The highest BCUT2D eigenvalue weighted by atomic mass is 16.5. The smallest absolute Gasteiger partial charge is 0.408 e. The minimum absolute atomic E-state index is 0.0247. The molecule has 7 nitrogen and oxygen atoms in total. The molecule has 7 heteroatoms. The Morgan fingerprint density at radius 1 is 1.11 bits per heavy atom. The van der Waals surface area contributed by atoms with Crippen molar-refractivity contribution in [1.29, 1.82) is 0 Å². The van der Waals surface area contributed by atoms with Crippen LogP contribution in [0.4, 0.5) is 4.79 Å². The summed E-state index contributed by atoms with van der Waals surface area (Å²) in [4.78, 5) is 35.7. The lowest BCUT2D eigenvalue weighted by Gasteiger charge is -2.15. The van der Waals surface area contributed by atoms with E-state index >= 15 is 0 Å². The SMILES string of the molecule is COc1ccc(C(=O)CCC(NC(=O)OCc2ccccc2)C(=O)O)c(C)c1. The Balaban J connectivity index is 1.89. The molecule has 0 aliphatic rings. The highest BCUT2D eigenvalue weighted by molar-refractivity contribution is 5.98. The third kappa shape index (κ3) is 6.12. The van der Waals surface area contributed by atoms with Crippen molar-refractivity contribution in [3.05, 3.63) is 65.2 Å². The topological polar surface area (TPSA) is 102 Å². The summed E-state index contributed by atoms with van der Waals surface area (Å²) in [5.41, 5.74) is 2.03. The van der Waals surface area contributed by atoms with Gasteiger partial charge in [-0.1, -0.05) is 30.3 Å². The lowest BCUT2D eigenvalue weighted by molar-refractivity contribution is -0.139. The standard InChI is InChI=1S/C21H23NO6/c1-14-12-16(27-2)8-9-17(14)19(23)11-10-18(20(24)25)22-21(26)28-13-15-6-4-3-5-7-15/h3-9,12,18H,10-11,13H2,1-2H3,(H,22,26)(H,24,25). The number of carboxylic acids is 1. The van der Waals surface area contributed by atoms with E-state index in [0.717, 1.165) is 11.1 Å². The van der Waals surface area contributed by atoms with Crippen LogP contribution in [0.5, 0.6) is 5.75 Å². The van der Waals surface area contributed by atoms with Gasteiger partial charge in [0.25, 0.3) is 0 Å². The molecular formula is C21H23NO6. The number of nitrogens with one attached hydrogen (secondary N) is 1. The van der Waals surface area contributed by atoms with Crippen LogP contribution in [0.25, 0.3) is 0 Å². The van der Waals surface area contributed by atoms with E-state index in [-0.39, 0.29) is 25.2 Å². The van der Waals surface area contributed by atoms with Gasteiger partial charge in [-0.2, -0.15) is 0 Å². The molecule has 0 aliphatic carbocycles. The van der Waals surface area contributed by atoms with Gasteiger partial charge in [0, 0.05) is 12.0 Å². The summed E-state index contributed by atoms with van der Waals surface area (Å²) in [7, 11) is 1.54. The number of Topliss-reactive ketones (excluding diaryl/α,β-unsaturated/α-hetero) is 1. The molecule has 2 aromatic rings. The molecule has 1 atom stereocenters. The van der Waals surface area contributed by atoms with E-state index < -0.39 is 18.1 Å². The quantitative estimate of drug-likeness (QED) is 0.642. The number of aryl methyl sites for hydroxylation is 1. The van der Waals surface area contributed by atoms with E-state index in [0.29, 0.717) is 11.3 Å². The van der Waals surface area contributed by atoms with Crippen LogP contribution in [0, 0.1) is 6.92 Å². The maximum absolute atomic E-state index is 12.4. The predicted octanol–water partition coefficient (Wildman–Crippen LogP) is 3.35. The van der Waals surface area contributed by atoms with E-state index in [1.165, 1.54) is 7.11 Å². The molecule has 0 aliphatic heterocycles. The van der Waals surface area contributed by atoms with Gasteiger partial charge in [-0.3, -0.25) is 4.79 Å². The second-order valence-corrected chi connectivity index (χ2v) is 6.24. The number of ether oxygens (including phenoxy) is 2. The molecule has 2 rings (SSSR count). The van der Waals surface area contributed by atoms with Crippen LogP contribution in [-0.2, 0) is 16.1 Å². The maximum atomic E-state index is 12.4. The van der Waals surface area contributed by atoms with Crippen LogP contribution in [-0.4, -0.2) is 36.1 Å². The highest BCUT2D eigenvalue weighted by Gasteiger charge is 2.22. The number of aliphatic carboxylic acids is 1. The minimum Gasteiger partial charge on any atom is -0.497 e. The number of rotatable bonds is 9. The molecular weight excluding hydrogens is 362 g/mol. The zero-order chi connectivity index (χ0) is 20.5. The monoisotopic (exact) mass is 385 g/mol. The number of benzene rings is 2. The van der Waals surface area contributed by atoms with Crippen molar-refractivity contribution < 1.29 is 29.0 Å². The van der Waals surface area contributed by atoms with Gasteiger partial charge < -0.3 is 19.9 Å². The summed E-state index contributed by atoms with van der Waals surface area (Å²) in [6, 6.07) is 12.9. The van der Waals surface area contributed by atoms with E-state index in [1.54, 1.807) is 37.3 Å². The van der Waals surface area contributed by atoms with Crippen molar-refractivity contribution in [3.8, 4) is 5.75 Å². The molecule has 2 aromatic carbocycles. The first-order valence-electron chi connectivity index (χ1n) is 8.78. The fraction of sp³-hybridized carbons (Fsp3) is 0.286. The lowest BCUT2D eigenvalue weighted by Crippen LogP contribution is -2.41. The third-order valence-electron chi connectivity index (χ3n) is 4.20. The normalized spacial score (nSPS) is 11.4. The van der Waals surface area contributed by atoms with E-state index in [1.807, 2.05) is 18.2 Å². The number of carbonyl (C=O) groups is 3. The largest absolute Gasteiger partial charge is 0.497 e. The first-order chi connectivity index (χ1) is 13.4. The molecule has 1 unspecified atom stereocenters. The predicted molar refractivity (Wildman–Crippen MR) is 102 cm³/mol. The Morgan fingerprint density at radius 3 is 2.43 bits per heavy atom. The molecule has 148 valence electrons. The van der Waals surface area contributed by atoms with Crippen LogP contribution in [0.1, 0.15) is 34.3 Å². The van der Waals surface area contributed by atoms with Gasteiger partial charge in [0.15, 0.2) is 5.78 Å². The number of carbonyl (C=O) groups excluding carboxylic acids is 2. The van der Waals surface area contributed by atoms with Gasteiger partial charge in [0.2, 0.25) is 0 Å². The first-order valence-corrected chi connectivity index (χ1v) is 8.78. The second kappa shape index (κ2) is 10.1. The maximum Gasteiger partial charge on any atom is 0.408 e. The summed E-state index contributed by atoms with van der Waals surface area (Å²) in [6.45, 7) is 1.81. The van der Waals surface area contributed by atoms with Crippen LogP contribution in [0.2, 0.25) is 0 Å². The number of alkyl carbamates (subject to hydrolysis) is 1. The van der Waals surface area contributed by atoms with Crippen LogP contribution >= 0.6 is 0 Å². The number of ketones is 1. The molecule has 0 radical (unpaired) electrons. The summed E-state index contributed by atoms with van der Waals surface area (Å²) in [5.74, 6) is -0.790. The number of amides is 1. The molecule has 0 heterocycles. The van der Waals surface area contributed by atoms with Gasteiger partial charge in [-0.15, -0.1) is 0 Å². The Morgan fingerprint density at radius 2 is 1.82 bits per heavy atom. The number of methoxy groups -OCH3 is 1. The molecule has 0 saturated heterocycles. The number of hydrogen-bond donors (Lipinski definition) is 2. The molecule has 1 amide bonds. The molecule has 0 aromatic heterocycles. The average Bonchev–Trinajstić information content (AvgIpc) is 2.69. The van der Waals surface area contributed by atoms with Crippen molar-refractivity contribution in [1.82, 2.24) is 5.32 Å². The first kappa shape index (κ1) is 21.0. The Hall–Kier alpha value is -3.35. The fourth-order valence-electron chi connectivity index (χ4n) is 2.65. The fourth-order valence-corrected chi connectivity index (χ4v) is 2.65. The molecule has 2 N–H and O–H groups in total. The molecule has 0 saturated carbocycles. The molecule has 0 bridgehead atoms. The zero-order valence-corrected chi connectivity index (χ0v) is 15.8.